The van der Waals surface area contributed by atoms with Crippen molar-refractivity contribution in [3.63, 3.8) is 0 Å². The average Bonchev–Trinajstić information content (AvgIpc) is 2.92. The molecule has 0 unspecified atom stereocenters. The van der Waals surface area contributed by atoms with Crippen LogP contribution in [0.4, 0.5) is 0 Å². The minimum atomic E-state index is 0.551. The third-order valence-corrected chi connectivity index (χ3v) is 3.74. The van der Waals surface area contributed by atoms with E-state index in [2.05, 4.69) is 29.5 Å². The summed E-state index contributed by atoms with van der Waals surface area (Å²) in [4.78, 5) is 3.64. The molecule has 2 rings (SSSR count). The predicted octanol–water partition coefficient (Wildman–Crippen LogP) is 2.72. The van der Waals surface area contributed by atoms with Crippen molar-refractivity contribution in [3.8, 4) is 5.75 Å². The van der Waals surface area contributed by atoms with Crippen LogP contribution in [0, 0.1) is 0 Å². The van der Waals surface area contributed by atoms with Gasteiger partial charge in [-0.1, -0.05) is 18.2 Å². The van der Waals surface area contributed by atoms with Crippen LogP contribution >= 0.6 is 11.3 Å². The zero-order chi connectivity index (χ0) is 13.5. The number of likely N-dealkylation sites (N-methyl/N-ethyl adjacent to an activating group) is 1. The predicted molar refractivity (Wildman–Crippen MR) is 80.5 cm³/mol. The molecule has 1 heterocycles. The van der Waals surface area contributed by atoms with E-state index in [1.165, 1.54) is 4.88 Å². The summed E-state index contributed by atoms with van der Waals surface area (Å²) >= 11 is 1.79. The molecular weight excluding hydrogens is 256 g/mol. The molecule has 0 atom stereocenters. The summed E-state index contributed by atoms with van der Waals surface area (Å²) in [5.41, 5.74) is 6.71. The second kappa shape index (κ2) is 7.28. The maximum atomic E-state index is 5.74. The van der Waals surface area contributed by atoms with Crippen molar-refractivity contribution in [1.29, 1.82) is 0 Å². The van der Waals surface area contributed by atoms with E-state index in [1.807, 2.05) is 24.3 Å². The molecule has 0 spiro atoms. The molecule has 0 amide bonds. The van der Waals surface area contributed by atoms with Gasteiger partial charge in [0.2, 0.25) is 0 Å². The van der Waals surface area contributed by atoms with Crippen LogP contribution in [0.3, 0.4) is 0 Å². The Labute approximate surface area is 118 Å². The lowest BCUT2D eigenvalue weighted by molar-refractivity contribution is 0.234. The Hall–Kier alpha value is -1.36. The molecular formula is C15H20N2OS. The highest BCUT2D eigenvalue weighted by atomic mass is 32.1. The Bertz CT molecular complexity index is 485. The van der Waals surface area contributed by atoms with E-state index >= 15 is 0 Å². The van der Waals surface area contributed by atoms with E-state index in [0.29, 0.717) is 13.2 Å². The molecule has 0 saturated heterocycles. The van der Waals surface area contributed by atoms with Gasteiger partial charge in [0.1, 0.15) is 12.4 Å². The van der Waals surface area contributed by atoms with Gasteiger partial charge >= 0.3 is 0 Å². The molecule has 0 radical (unpaired) electrons. The van der Waals surface area contributed by atoms with Crippen LogP contribution < -0.4 is 10.5 Å². The fraction of sp³-hybridized carbons (Fsp3) is 0.333. The molecule has 0 aliphatic rings. The molecule has 4 heteroatoms. The maximum Gasteiger partial charge on any atom is 0.119 e. The summed E-state index contributed by atoms with van der Waals surface area (Å²) in [5.74, 6) is 0.896. The molecule has 0 aliphatic heterocycles. The number of ether oxygens (including phenoxy) is 1. The zero-order valence-corrected chi connectivity index (χ0v) is 12.0. The summed E-state index contributed by atoms with van der Waals surface area (Å²) in [6, 6.07) is 12.2. The summed E-state index contributed by atoms with van der Waals surface area (Å²) in [5, 5.41) is 2.11. The van der Waals surface area contributed by atoms with Crippen molar-refractivity contribution < 1.29 is 4.74 Å². The molecule has 1 aromatic heterocycles. The van der Waals surface area contributed by atoms with Gasteiger partial charge in [-0.05, 0) is 36.2 Å². The lowest BCUT2D eigenvalue weighted by Crippen LogP contribution is -2.23. The van der Waals surface area contributed by atoms with Gasteiger partial charge in [0.25, 0.3) is 0 Å². The highest BCUT2D eigenvalue weighted by Crippen LogP contribution is 2.13. The summed E-state index contributed by atoms with van der Waals surface area (Å²) in [7, 11) is 2.11. The SMILES string of the molecule is CN(CCOc1cccc(CN)c1)Cc1cccs1. The van der Waals surface area contributed by atoms with E-state index in [-0.39, 0.29) is 0 Å². The van der Waals surface area contributed by atoms with Crippen molar-refractivity contribution in [1.82, 2.24) is 4.90 Å². The van der Waals surface area contributed by atoms with Crippen LogP contribution in [0.2, 0.25) is 0 Å². The minimum Gasteiger partial charge on any atom is -0.492 e. The van der Waals surface area contributed by atoms with Gasteiger partial charge in [-0.2, -0.15) is 0 Å². The molecule has 102 valence electrons. The third-order valence-electron chi connectivity index (χ3n) is 2.88. The second-order valence-electron chi connectivity index (χ2n) is 4.52. The standard InChI is InChI=1S/C15H20N2OS/c1-17(12-15-6-3-9-19-15)7-8-18-14-5-2-4-13(10-14)11-16/h2-6,9-10H,7-8,11-12,16H2,1H3. The number of hydrogen-bond acceptors (Lipinski definition) is 4. The first-order chi connectivity index (χ1) is 9.28. The van der Waals surface area contributed by atoms with E-state index in [1.54, 1.807) is 11.3 Å². The number of nitrogens with two attached hydrogens (primary N) is 1. The molecule has 0 saturated carbocycles. The van der Waals surface area contributed by atoms with E-state index in [4.69, 9.17) is 10.5 Å². The van der Waals surface area contributed by atoms with Crippen LogP contribution in [0.25, 0.3) is 0 Å². The third kappa shape index (κ3) is 4.67. The number of rotatable bonds is 7. The van der Waals surface area contributed by atoms with Gasteiger partial charge in [0.05, 0.1) is 0 Å². The topological polar surface area (TPSA) is 38.5 Å². The second-order valence-corrected chi connectivity index (χ2v) is 5.55. The largest absolute Gasteiger partial charge is 0.492 e. The molecule has 1 aromatic carbocycles. The van der Waals surface area contributed by atoms with Gasteiger partial charge in [-0.3, -0.25) is 4.90 Å². The Morgan fingerprint density at radius 2 is 2.16 bits per heavy atom. The first-order valence-corrected chi connectivity index (χ1v) is 7.28. The molecule has 3 nitrogen and oxygen atoms in total. The van der Waals surface area contributed by atoms with Gasteiger partial charge in [0.15, 0.2) is 0 Å². The van der Waals surface area contributed by atoms with Gasteiger partial charge in [-0.15, -0.1) is 11.3 Å². The zero-order valence-electron chi connectivity index (χ0n) is 11.2. The van der Waals surface area contributed by atoms with E-state index in [0.717, 1.165) is 24.4 Å². The first kappa shape index (κ1) is 14.1. The van der Waals surface area contributed by atoms with Crippen molar-refractivity contribution in [3.05, 3.63) is 52.2 Å². The van der Waals surface area contributed by atoms with Crippen molar-refractivity contribution in [2.24, 2.45) is 5.73 Å². The maximum absolute atomic E-state index is 5.74. The summed E-state index contributed by atoms with van der Waals surface area (Å²) in [6.07, 6.45) is 0. The smallest absolute Gasteiger partial charge is 0.119 e. The molecule has 2 aromatic rings. The van der Waals surface area contributed by atoms with Crippen LogP contribution in [0.15, 0.2) is 41.8 Å². The molecule has 2 N–H and O–H groups in total. The number of hydrogen-bond donors (Lipinski definition) is 1. The molecule has 0 aliphatic carbocycles. The quantitative estimate of drug-likeness (QED) is 0.845. The Kier molecular flexibility index (Phi) is 5.39. The van der Waals surface area contributed by atoms with Crippen LogP contribution in [0.1, 0.15) is 10.4 Å². The number of nitrogens with zero attached hydrogens (tertiary/aromatic N) is 1. The monoisotopic (exact) mass is 276 g/mol. The average molecular weight is 276 g/mol. The summed E-state index contributed by atoms with van der Waals surface area (Å²) < 4.78 is 5.74. The van der Waals surface area contributed by atoms with Crippen LogP contribution in [-0.4, -0.2) is 25.1 Å². The van der Waals surface area contributed by atoms with Gasteiger partial charge < -0.3 is 10.5 Å². The highest BCUT2D eigenvalue weighted by Gasteiger charge is 2.02. The lowest BCUT2D eigenvalue weighted by Gasteiger charge is -2.16. The van der Waals surface area contributed by atoms with Crippen molar-refractivity contribution >= 4 is 11.3 Å². The van der Waals surface area contributed by atoms with Gasteiger partial charge in [-0.25, -0.2) is 0 Å². The molecule has 0 bridgehead atoms. The fourth-order valence-corrected chi connectivity index (χ4v) is 2.61. The van der Waals surface area contributed by atoms with Crippen LogP contribution in [0.5, 0.6) is 5.75 Å². The van der Waals surface area contributed by atoms with Crippen molar-refractivity contribution in [2.75, 3.05) is 20.2 Å². The van der Waals surface area contributed by atoms with Gasteiger partial charge in [0, 0.05) is 24.5 Å². The Morgan fingerprint density at radius 3 is 2.89 bits per heavy atom. The number of thiophene rings is 1. The number of benzene rings is 1. The first-order valence-electron chi connectivity index (χ1n) is 6.40. The minimum absolute atomic E-state index is 0.551. The molecule has 19 heavy (non-hydrogen) atoms. The molecule has 0 fully saturated rings. The van der Waals surface area contributed by atoms with Crippen molar-refractivity contribution in [2.45, 2.75) is 13.1 Å². The van der Waals surface area contributed by atoms with E-state index in [9.17, 15) is 0 Å². The Morgan fingerprint density at radius 1 is 1.26 bits per heavy atom. The normalized spacial score (nSPS) is 10.9. The fourth-order valence-electron chi connectivity index (χ4n) is 1.83. The van der Waals surface area contributed by atoms with Crippen LogP contribution in [-0.2, 0) is 13.1 Å². The Balaban J connectivity index is 1.73. The summed E-state index contributed by atoms with van der Waals surface area (Å²) in [6.45, 7) is 3.12. The van der Waals surface area contributed by atoms with E-state index < -0.39 is 0 Å². The highest BCUT2D eigenvalue weighted by molar-refractivity contribution is 7.09. The lowest BCUT2D eigenvalue weighted by atomic mass is 10.2.